The molecule has 2 atom stereocenters. The van der Waals surface area contributed by atoms with Crippen molar-refractivity contribution < 1.29 is 86.8 Å². The lowest BCUT2D eigenvalue weighted by Gasteiger charge is -2.32. The van der Waals surface area contributed by atoms with Crippen molar-refractivity contribution in [2.75, 3.05) is 64.4 Å². The predicted molar refractivity (Wildman–Crippen MR) is 226 cm³/mol. The van der Waals surface area contributed by atoms with E-state index in [1.807, 2.05) is 0 Å². The molecule has 3 heterocycles. The maximum absolute atomic E-state index is 14.3. The molecule has 2 amide bonds. The predicted octanol–water partition coefficient (Wildman–Crippen LogP) is 1.86. The SMILES string of the molecule is COCC[N+]1=C(/C=C2\C(=O)C(/C=C3/N(CCOCCC(=O)ON4C(=O)CCC4=O)c4ccc(S(=O)(=O)[O-])cc4C3(C)CCOC)=C2O)C(C)(CCCS(=O)(=O)[O-])c2cc(S(=O)(=O)[O-])ccc21. The summed E-state index contributed by atoms with van der Waals surface area (Å²) in [6, 6.07) is 7.44. The van der Waals surface area contributed by atoms with Gasteiger partial charge >= 0.3 is 5.97 Å². The number of amides is 2. The molecule has 21 nitrogen and oxygen atoms in total. The van der Waals surface area contributed by atoms with Crippen molar-refractivity contribution in [2.45, 2.75) is 73.0 Å². The van der Waals surface area contributed by atoms with Crippen LogP contribution in [0.3, 0.4) is 0 Å². The fourth-order valence-electron chi connectivity index (χ4n) is 8.60. The summed E-state index contributed by atoms with van der Waals surface area (Å²) in [5, 5.41) is 12.2. The van der Waals surface area contributed by atoms with E-state index in [0.29, 0.717) is 33.4 Å². The Morgan fingerprint density at radius 3 is 2.03 bits per heavy atom. The minimum atomic E-state index is -4.97. The van der Waals surface area contributed by atoms with Gasteiger partial charge in [0.25, 0.3) is 11.8 Å². The number of benzene rings is 2. The van der Waals surface area contributed by atoms with Gasteiger partial charge in [-0.25, -0.2) is 30.0 Å². The number of carbonyl (C=O) groups is 4. The summed E-state index contributed by atoms with van der Waals surface area (Å²) in [5.74, 6) is -4.10. The van der Waals surface area contributed by atoms with E-state index in [2.05, 4.69) is 0 Å². The molecule has 1 fully saturated rings. The number of fused-ring (bicyclic) bond motifs is 2. The third kappa shape index (κ3) is 10.2. The molecular weight excluding hydrogens is 931 g/mol. The Kier molecular flexibility index (Phi) is 14.6. The van der Waals surface area contributed by atoms with Gasteiger partial charge in [-0.15, -0.1) is 5.06 Å². The zero-order valence-corrected chi connectivity index (χ0v) is 38.7. The zero-order chi connectivity index (χ0) is 48.6. The molecule has 0 aromatic heterocycles. The standard InChI is InChI=1S/C42H49N3O18S3/c1-41(13-5-21-64(51,52)53)30-22-26(65(54,55)56)6-8-32(30)43(15-19-61-4)34(41)24-28-39(49)29(40(28)50)25-35-42(2,14-18-60-3)31-23-27(66(57,58)59)7-9-33(31)44(35)16-20-62-17-12-38(48)63-45-36(46)10-11-37(45)47/h6-9,22-25H,5,10-21H2,1-4H3,(H3-,49,50,51,52,53,54,55,56,57,58,59)/p-2. The van der Waals surface area contributed by atoms with E-state index in [1.54, 1.807) is 23.3 Å². The quantitative estimate of drug-likeness (QED) is 0.0613. The highest BCUT2D eigenvalue weighted by Crippen LogP contribution is 2.52. The molecule has 1 N–H and O–H groups in total. The third-order valence-electron chi connectivity index (χ3n) is 12.1. The van der Waals surface area contributed by atoms with Gasteiger partial charge in [0.1, 0.15) is 32.6 Å². The van der Waals surface area contributed by atoms with Gasteiger partial charge in [-0.1, -0.05) is 0 Å². The van der Waals surface area contributed by atoms with Crippen LogP contribution in [0.4, 0.5) is 11.4 Å². The van der Waals surface area contributed by atoms with Gasteiger partial charge in [0.05, 0.1) is 56.1 Å². The number of aliphatic hydroxyl groups is 1. The maximum atomic E-state index is 14.3. The van der Waals surface area contributed by atoms with E-state index in [4.69, 9.17) is 19.0 Å². The number of carbonyl (C=O) groups excluding carboxylic acids is 4. The molecule has 1 saturated heterocycles. The number of anilines is 1. The first-order chi connectivity index (χ1) is 30.9. The molecule has 2 aromatic rings. The van der Waals surface area contributed by atoms with Crippen LogP contribution < -0.4 is 4.90 Å². The van der Waals surface area contributed by atoms with Crippen LogP contribution in [-0.4, -0.2) is 142 Å². The number of nitrogens with zero attached hydrogens (tertiary/aromatic N) is 3. The topological polar surface area (TPSA) is 307 Å². The molecular formula is C42H47N3O18S3-2. The van der Waals surface area contributed by atoms with E-state index in [9.17, 15) is 63.2 Å². The fraction of sp³-hybridized carbons (Fsp3) is 0.452. The fourth-order valence-corrected chi connectivity index (χ4v) is 10.1. The minimum absolute atomic E-state index is 0.0110. The Balaban J connectivity index is 1.39. The van der Waals surface area contributed by atoms with Crippen LogP contribution in [0.1, 0.15) is 63.5 Å². The smallest absolute Gasteiger partial charge is 0.335 e. The van der Waals surface area contributed by atoms with E-state index >= 15 is 0 Å². The average Bonchev–Trinajstić information content (AvgIpc) is 3.77. The monoisotopic (exact) mass is 977 g/mol. The molecule has 0 radical (unpaired) electrons. The first-order valence-corrected chi connectivity index (χ1v) is 24.9. The first-order valence-electron chi connectivity index (χ1n) is 20.5. The molecule has 24 heteroatoms. The van der Waals surface area contributed by atoms with Gasteiger partial charge in [-0.3, -0.25) is 14.4 Å². The van der Waals surface area contributed by atoms with Crippen LogP contribution in [0.25, 0.3) is 0 Å². The Bertz CT molecular complexity index is 2820. The number of Topliss-reactive ketones (excluding diaryl/α,β-unsaturated/α-hetero) is 1. The Hall–Kier alpha value is -5.18. The summed E-state index contributed by atoms with van der Waals surface area (Å²) < 4.78 is 126. The summed E-state index contributed by atoms with van der Waals surface area (Å²) in [6.07, 6.45) is 2.19. The number of imide groups is 1. The highest BCUT2D eigenvalue weighted by molar-refractivity contribution is 7.86. The van der Waals surface area contributed by atoms with Crippen LogP contribution in [0.2, 0.25) is 0 Å². The van der Waals surface area contributed by atoms with E-state index < -0.39 is 86.1 Å². The lowest BCUT2D eigenvalue weighted by atomic mass is 9.73. The number of aliphatic hydroxyl groups excluding tert-OH is 1. The largest absolute Gasteiger partial charge is 0.748 e. The molecule has 1 aliphatic carbocycles. The third-order valence-corrected chi connectivity index (χ3v) is 14.5. The Morgan fingerprint density at radius 1 is 0.818 bits per heavy atom. The first kappa shape index (κ1) is 50.2. The second-order valence-corrected chi connectivity index (χ2v) is 20.6. The van der Waals surface area contributed by atoms with Crippen LogP contribution in [0.15, 0.2) is 80.9 Å². The summed E-state index contributed by atoms with van der Waals surface area (Å²) in [6.45, 7) is 3.41. The van der Waals surface area contributed by atoms with Crippen molar-refractivity contribution >= 4 is 71.0 Å². The number of hydrogen-bond donors (Lipinski definition) is 1. The molecule has 0 bridgehead atoms. The van der Waals surface area contributed by atoms with Gasteiger partial charge in [0, 0.05) is 80.5 Å². The Morgan fingerprint density at radius 2 is 1.44 bits per heavy atom. The number of ether oxygens (including phenoxy) is 3. The number of rotatable bonds is 21. The molecule has 66 heavy (non-hydrogen) atoms. The number of methoxy groups -OCH3 is 2. The molecule has 2 aromatic carbocycles. The van der Waals surface area contributed by atoms with Crippen molar-refractivity contribution in [2.24, 2.45) is 0 Å². The molecule has 358 valence electrons. The van der Waals surface area contributed by atoms with Gasteiger partial charge in [-0.05, 0) is 75.1 Å². The van der Waals surface area contributed by atoms with Crippen molar-refractivity contribution in [3.8, 4) is 0 Å². The van der Waals surface area contributed by atoms with Crippen LogP contribution in [-0.2, 0) is 79.4 Å². The second-order valence-electron chi connectivity index (χ2n) is 16.3. The van der Waals surface area contributed by atoms with E-state index in [1.165, 1.54) is 44.6 Å². The van der Waals surface area contributed by atoms with Crippen molar-refractivity contribution in [3.63, 3.8) is 0 Å². The van der Waals surface area contributed by atoms with Crippen molar-refractivity contribution in [1.29, 1.82) is 0 Å². The van der Waals surface area contributed by atoms with Gasteiger partial charge in [0.15, 0.2) is 12.3 Å². The molecule has 4 aliphatic rings. The number of ketones is 1. The Labute approximate surface area is 381 Å². The minimum Gasteiger partial charge on any atom is -0.748 e. The summed E-state index contributed by atoms with van der Waals surface area (Å²) >= 11 is 0. The lowest BCUT2D eigenvalue weighted by molar-refractivity contribution is -0.441. The molecule has 2 unspecified atom stereocenters. The highest BCUT2D eigenvalue weighted by atomic mass is 32.2. The van der Waals surface area contributed by atoms with Crippen LogP contribution >= 0.6 is 0 Å². The number of hydrogen-bond acceptors (Lipinski definition) is 19. The zero-order valence-electron chi connectivity index (χ0n) is 36.3. The molecule has 0 saturated carbocycles. The molecule has 6 rings (SSSR count). The summed E-state index contributed by atoms with van der Waals surface area (Å²) in [4.78, 5) is 55.9. The number of hydroxylamine groups is 2. The lowest BCUT2D eigenvalue weighted by Crippen LogP contribution is -2.35. The highest BCUT2D eigenvalue weighted by Gasteiger charge is 2.50. The van der Waals surface area contributed by atoms with Gasteiger partial charge in [-0.2, -0.15) is 4.58 Å². The normalized spacial score (nSPS) is 22.3. The van der Waals surface area contributed by atoms with E-state index in [-0.39, 0.29) is 94.8 Å². The van der Waals surface area contributed by atoms with Gasteiger partial charge < -0.3 is 42.7 Å². The second kappa shape index (κ2) is 19.2. The molecule has 3 aliphatic heterocycles. The van der Waals surface area contributed by atoms with Crippen LogP contribution in [0.5, 0.6) is 0 Å². The molecule has 0 spiro atoms. The number of allylic oxidation sites excluding steroid dienone is 5. The average molecular weight is 978 g/mol. The van der Waals surface area contributed by atoms with Crippen molar-refractivity contribution in [3.05, 3.63) is 82.3 Å². The van der Waals surface area contributed by atoms with Crippen LogP contribution in [0, 0.1) is 0 Å². The van der Waals surface area contributed by atoms with E-state index in [0.717, 1.165) is 18.2 Å². The van der Waals surface area contributed by atoms with Crippen molar-refractivity contribution in [1.82, 2.24) is 5.06 Å². The summed E-state index contributed by atoms with van der Waals surface area (Å²) in [5.41, 5.74) is -0.728. The maximum Gasteiger partial charge on any atom is 0.335 e. The van der Waals surface area contributed by atoms with Gasteiger partial charge in [0.2, 0.25) is 11.5 Å². The summed E-state index contributed by atoms with van der Waals surface area (Å²) in [7, 11) is -11.7.